The normalized spacial score (nSPS) is 15.2. The molecule has 1 fully saturated rings. The maximum atomic E-state index is 14.0. The lowest BCUT2D eigenvalue weighted by molar-refractivity contribution is 0.0499. The van der Waals surface area contributed by atoms with E-state index in [-0.39, 0.29) is 30.3 Å². The Bertz CT molecular complexity index is 1820. The number of imidazole rings is 1. The summed E-state index contributed by atoms with van der Waals surface area (Å²) in [6.07, 6.45) is 2.79. The fourth-order valence-corrected chi connectivity index (χ4v) is 5.19. The molecule has 224 valence electrons. The molecule has 4 aromatic rings. The van der Waals surface area contributed by atoms with Crippen LogP contribution in [0.15, 0.2) is 52.2 Å². The van der Waals surface area contributed by atoms with Crippen molar-refractivity contribution in [2.45, 2.75) is 65.3 Å². The molecule has 5 heterocycles. The first-order valence-electron chi connectivity index (χ1n) is 14.3. The molecule has 1 aliphatic heterocycles. The summed E-state index contributed by atoms with van der Waals surface area (Å²) in [7, 11) is 1.61. The lowest BCUT2D eigenvalue weighted by Crippen LogP contribution is -2.49. The number of pyridine rings is 2. The van der Waals surface area contributed by atoms with Crippen molar-refractivity contribution in [3.63, 3.8) is 0 Å². The molecule has 0 bridgehead atoms. The number of nitrogens with one attached hydrogen (secondary N) is 1. The maximum Gasteiger partial charge on any atom is 0.407 e. The third kappa shape index (κ3) is 6.45. The van der Waals surface area contributed by atoms with Gasteiger partial charge in [0.25, 0.3) is 5.56 Å². The van der Waals surface area contributed by atoms with E-state index in [1.54, 1.807) is 30.8 Å². The molecule has 0 radical (unpaired) electrons. The molecule has 0 saturated carbocycles. The second-order valence-electron chi connectivity index (χ2n) is 11.5. The van der Waals surface area contributed by atoms with Crippen LogP contribution in [0.2, 0.25) is 0 Å². The highest BCUT2D eigenvalue weighted by Gasteiger charge is 2.29. The first-order valence-corrected chi connectivity index (χ1v) is 14.3. The molecular weight excluding hydrogens is 548 g/mol. The van der Waals surface area contributed by atoms with Gasteiger partial charge in [0.05, 0.1) is 30.2 Å². The van der Waals surface area contributed by atoms with Crippen molar-refractivity contribution in [2.75, 3.05) is 18.0 Å². The SMILES string of the molecule is CC#CCn1c(N2CCC[C@@H](NC(=O)OC(C)(C)C)C2)nc2c1c(=O)n(Cc1cccc(-c3ccccn3)n1)c(=O)n2C. The van der Waals surface area contributed by atoms with Crippen molar-refractivity contribution >= 4 is 23.2 Å². The Morgan fingerprint density at radius 3 is 2.60 bits per heavy atom. The van der Waals surface area contributed by atoms with Gasteiger partial charge >= 0.3 is 11.8 Å². The molecule has 4 aromatic heterocycles. The fourth-order valence-electron chi connectivity index (χ4n) is 5.19. The van der Waals surface area contributed by atoms with Crippen molar-refractivity contribution < 1.29 is 9.53 Å². The Morgan fingerprint density at radius 1 is 1.09 bits per heavy atom. The first-order chi connectivity index (χ1) is 20.6. The zero-order valence-corrected chi connectivity index (χ0v) is 25.1. The van der Waals surface area contributed by atoms with Crippen LogP contribution in [0, 0.1) is 11.8 Å². The molecular formula is C31H36N8O4. The van der Waals surface area contributed by atoms with Crippen molar-refractivity contribution in [1.29, 1.82) is 0 Å². The third-order valence-electron chi connectivity index (χ3n) is 7.11. The first kappa shape index (κ1) is 29.6. The van der Waals surface area contributed by atoms with Crippen molar-refractivity contribution in [3.05, 3.63) is 69.1 Å². The lowest BCUT2D eigenvalue weighted by Gasteiger charge is -2.34. The molecule has 0 spiro atoms. The van der Waals surface area contributed by atoms with E-state index in [9.17, 15) is 14.4 Å². The second-order valence-corrected chi connectivity index (χ2v) is 11.5. The summed E-state index contributed by atoms with van der Waals surface area (Å²) in [5, 5.41) is 2.96. The second kappa shape index (κ2) is 12.1. The number of rotatable bonds is 6. The Labute approximate surface area is 249 Å². The highest BCUT2D eigenvalue weighted by atomic mass is 16.6. The maximum absolute atomic E-state index is 14.0. The van der Waals surface area contributed by atoms with Gasteiger partial charge in [-0.2, -0.15) is 4.98 Å². The van der Waals surface area contributed by atoms with Gasteiger partial charge < -0.3 is 15.0 Å². The van der Waals surface area contributed by atoms with Crippen LogP contribution in [0.5, 0.6) is 0 Å². The number of amides is 1. The van der Waals surface area contributed by atoms with Crippen LogP contribution in [0.3, 0.4) is 0 Å². The predicted molar refractivity (Wildman–Crippen MR) is 164 cm³/mol. The number of carbonyl (C=O) groups excluding carboxylic acids is 1. The minimum Gasteiger partial charge on any atom is -0.444 e. The number of carbonyl (C=O) groups is 1. The van der Waals surface area contributed by atoms with Gasteiger partial charge in [-0.25, -0.2) is 14.6 Å². The highest BCUT2D eigenvalue weighted by molar-refractivity contribution is 5.75. The van der Waals surface area contributed by atoms with E-state index in [1.165, 1.54) is 9.13 Å². The minimum absolute atomic E-state index is 0.0202. The molecule has 0 unspecified atom stereocenters. The number of nitrogens with zero attached hydrogens (tertiary/aromatic N) is 7. The van der Waals surface area contributed by atoms with Crippen molar-refractivity contribution in [3.8, 4) is 23.2 Å². The van der Waals surface area contributed by atoms with Gasteiger partial charge in [-0.3, -0.25) is 23.5 Å². The summed E-state index contributed by atoms with van der Waals surface area (Å²) in [6, 6.07) is 10.8. The van der Waals surface area contributed by atoms with Crippen LogP contribution >= 0.6 is 0 Å². The zero-order valence-electron chi connectivity index (χ0n) is 25.1. The van der Waals surface area contributed by atoms with E-state index < -0.39 is 22.9 Å². The molecule has 1 aliphatic rings. The van der Waals surface area contributed by atoms with Crippen molar-refractivity contribution in [1.82, 2.24) is 34.0 Å². The Balaban J connectivity index is 1.52. The van der Waals surface area contributed by atoms with E-state index in [1.807, 2.05) is 56.0 Å². The number of anilines is 1. The summed E-state index contributed by atoms with van der Waals surface area (Å²) in [5.74, 6) is 6.47. The van der Waals surface area contributed by atoms with E-state index >= 15 is 0 Å². The number of aromatic nitrogens is 6. The molecule has 1 atom stereocenters. The van der Waals surface area contributed by atoms with Crippen LogP contribution in [0.4, 0.5) is 10.7 Å². The van der Waals surface area contributed by atoms with E-state index in [4.69, 9.17) is 9.72 Å². The molecule has 12 heteroatoms. The van der Waals surface area contributed by atoms with Gasteiger partial charge in [0.2, 0.25) is 5.95 Å². The lowest BCUT2D eigenvalue weighted by atomic mass is 10.1. The molecule has 12 nitrogen and oxygen atoms in total. The van der Waals surface area contributed by atoms with Crippen LogP contribution in [0.1, 0.15) is 46.2 Å². The van der Waals surface area contributed by atoms with Gasteiger partial charge in [-0.05, 0) is 64.8 Å². The van der Waals surface area contributed by atoms with Crippen LogP contribution in [-0.4, -0.2) is 59.5 Å². The standard InChI is InChI=1S/C31H36N8O4/c1-6-7-18-38-25-26(35-28(38)37-17-11-13-21(19-37)34-29(41)43-31(2,3)4)36(5)30(42)39(27(25)40)20-22-12-10-15-24(33-22)23-14-8-9-16-32-23/h8-10,12,14-16,21H,11,13,17-20H2,1-5H3,(H,34,41)/t21-/m1/s1. The Kier molecular flexibility index (Phi) is 8.34. The molecule has 0 aliphatic carbocycles. The Morgan fingerprint density at radius 2 is 1.88 bits per heavy atom. The highest BCUT2D eigenvalue weighted by Crippen LogP contribution is 2.24. The number of fused-ring (bicyclic) bond motifs is 1. The summed E-state index contributed by atoms with van der Waals surface area (Å²) >= 11 is 0. The van der Waals surface area contributed by atoms with E-state index in [2.05, 4.69) is 27.1 Å². The van der Waals surface area contributed by atoms with Crippen LogP contribution in [-0.2, 0) is 24.9 Å². The predicted octanol–water partition coefficient (Wildman–Crippen LogP) is 2.92. The van der Waals surface area contributed by atoms with Gasteiger partial charge in [-0.15, -0.1) is 5.92 Å². The summed E-state index contributed by atoms with van der Waals surface area (Å²) in [4.78, 5) is 55.8. The average molecular weight is 585 g/mol. The zero-order chi connectivity index (χ0) is 30.7. The quantitative estimate of drug-likeness (QED) is 0.343. The fraction of sp³-hybridized carbons (Fsp3) is 0.419. The van der Waals surface area contributed by atoms with Gasteiger partial charge in [0.1, 0.15) is 5.60 Å². The number of piperidine rings is 1. The summed E-state index contributed by atoms with van der Waals surface area (Å²) in [6.45, 7) is 8.52. The third-order valence-corrected chi connectivity index (χ3v) is 7.11. The molecule has 0 aromatic carbocycles. The number of hydrogen-bond acceptors (Lipinski definition) is 8. The van der Waals surface area contributed by atoms with Crippen LogP contribution in [0.25, 0.3) is 22.6 Å². The molecule has 1 saturated heterocycles. The molecule has 43 heavy (non-hydrogen) atoms. The summed E-state index contributed by atoms with van der Waals surface area (Å²) in [5.41, 5.74) is 0.873. The minimum atomic E-state index is -0.606. The largest absolute Gasteiger partial charge is 0.444 e. The molecule has 1 amide bonds. The number of ether oxygens (including phenoxy) is 1. The smallest absolute Gasteiger partial charge is 0.407 e. The van der Waals surface area contributed by atoms with Crippen LogP contribution < -0.4 is 21.5 Å². The number of aryl methyl sites for hydroxylation is 1. The number of hydrogen-bond donors (Lipinski definition) is 1. The van der Waals surface area contributed by atoms with E-state index in [0.717, 1.165) is 12.8 Å². The van der Waals surface area contributed by atoms with Crippen molar-refractivity contribution in [2.24, 2.45) is 7.05 Å². The Hall–Kier alpha value is -4.92. The molecule has 5 rings (SSSR count). The summed E-state index contributed by atoms with van der Waals surface area (Å²) < 4.78 is 9.77. The topological polar surface area (TPSA) is 129 Å². The number of alkyl carbamates (subject to hydrolysis) is 1. The van der Waals surface area contributed by atoms with Gasteiger partial charge in [0, 0.05) is 32.4 Å². The van der Waals surface area contributed by atoms with E-state index in [0.29, 0.717) is 36.1 Å². The van der Waals surface area contributed by atoms with Gasteiger partial charge in [0.15, 0.2) is 11.2 Å². The van der Waals surface area contributed by atoms with Gasteiger partial charge in [-0.1, -0.05) is 18.1 Å². The molecule has 1 N–H and O–H groups in total. The monoisotopic (exact) mass is 584 g/mol. The average Bonchev–Trinajstić information content (AvgIpc) is 3.36.